The summed E-state index contributed by atoms with van der Waals surface area (Å²) in [7, 11) is 0. The molecule has 1 saturated carbocycles. The van der Waals surface area contributed by atoms with Gasteiger partial charge in [-0.2, -0.15) is 15.0 Å². The van der Waals surface area contributed by atoms with E-state index in [-0.39, 0.29) is 5.92 Å². The van der Waals surface area contributed by atoms with E-state index in [9.17, 15) is 0 Å². The highest BCUT2D eigenvalue weighted by molar-refractivity contribution is 5.27. The Morgan fingerprint density at radius 1 is 1.44 bits per heavy atom. The molecule has 0 saturated heterocycles. The van der Waals surface area contributed by atoms with Crippen molar-refractivity contribution in [2.75, 3.05) is 0 Å². The molecule has 2 atom stereocenters. The molecule has 1 aliphatic carbocycles. The minimum atomic E-state index is -2.31. The summed E-state index contributed by atoms with van der Waals surface area (Å²) in [6.07, 6.45) is 4.20. The van der Waals surface area contributed by atoms with Crippen molar-refractivity contribution < 1.29 is 4.11 Å². The van der Waals surface area contributed by atoms with E-state index >= 15 is 0 Å². The lowest BCUT2D eigenvalue weighted by molar-refractivity contribution is 0.644. The largest absolute Gasteiger partial charge is 0.242 e. The van der Waals surface area contributed by atoms with Crippen LogP contribution in [0, 0.1) is 6.92 Å². The van der Waals surface area contributed by atoms with Crippen LogP contribution in [0.1, 0.15) is 39.6 Å². The first-order chi connectivity index (χ1) is 8.95. The summed E-state index contributed by atoms with van der Waals surface area (Å²) >= 11 is 0. The number of rotatable bonds is 2. The standard InChI is InChI=1S/C11H13N5/c1-7-12-4-3-10(14-7)8-5-9(8)11-6-13-16(2)15-11/h3-4,6,8-9H,5H2,1-2H3/t8-,9-/m0/s1/i2D3. The summed E-state index contributed by atoms with van der Waals surface area (Å²) in [6.45, 7) is -0.458. The zero-order valence-corrected chi connectivity index (χ0v) is 8.83. The Labute approximate surface area is 97.8 Å². The van der Waals surface area contributed by atoms with Gasteiger partial charge in [0.15, 0.2) is 0 Å². The second kappa shape index (κ2) is 3.37. The van der Waals surface area contributed by atoms with E-state index in [0.29, 0.717) is 5.92 Å². The van der Waals surface area contributed by atoms with Crippen LogP contribution < -0.4 is 0 Å². The maximum absolute atomic E-state index is 7.24. The molecule has 0 aromatic carbocycles. The van der Waals surface area contributed by atoms with E-state index in [2.05, 4.69) is 20.2 Å². The van der Waals surface area contributed by atoms with Crippen molar-refractivity contribution >= 4 is 0 Å². The van der Waals surface area contributed by atoms with E-state index in [4.69, 9.17) is 4.11 Å². The highest BCUT2D eigenvalue weighted by Crippen LogP contribution is 2.53. The zero-order chi connectivity index (χ0) is 13.6. The topological polar surface area (TPSA) is 56.5 Å². The van der Waals surface area contributed by atoms with Crippen LogP contribution in [0.5, 0.6) is 0 Å². The Kier molecular flexibility index (Phi) is 1.42. The van der Waals surface area contributed by atoms with E-state index in [1.807, 2.05) is 13.0 Å². The third-order valence-corrected chi connectivity index (χ3v) is 2.86. The molecule has 2 heterocycles. The molecule has 5 heteroatoms. The van der Waals surface area contributed by atoms with Crippen LogP contribution in [0.3, 0.4) is 0 Å². The average Bonchev–Trinajstić information content (AvgIpc) is 2.96. The van der Waals surface area contributed by atoms with Gasteiger partial charge in [0.05, 0.1) is 11.9 Å². The molecule has 5 nitrogen and oxygen atoms in total. The smallest absolute Gasteiger partial charge is 0.125 e. The van der Waals surface area contributed by atoms with Crippen LogP contribution in [0.25, 0.3) is 0 Å². The Morgan fingerprint density at radius 3 is 3.06 bits per heavy atom. The van der Waals surface area contributed by atoms with Crippen LogP contribution in [0.2, 0.25) is 0 Å². The highest BCUT2D eigenvalue weighted by Gasteiger charge is 2.42. The van der Waals surface area contributed by atoms with Crippen molar-refractivity contribution in [3.05, 3.63) is 35.7 Å². The summed E-state index contributed by atoms with van der Waals surface area (Å²) in [4.78, 5) is 9.25. The first kappa shape index (κ1) is 6.73. The zero-order valence-electron chi connectivity index (χ0n) is 11.8. The van der Waals surface area contributed by atoms with Gasteiger partial charge in [-0.15, -0.1) is 0 Å². The minimum absolute atomic E-state index is 0.213. The molecule has 3 rings (SSSR count). The lowest BCUT2D eigenvalue weighted by atomic mass is 10.2. The van der Waals surface area contributed by atoms with Gasteiger partial charge in [-0.05, 0) is 19.4 Å². The second-order valence-corrected chi connectivity index (χ2v) is 4.04. The van der Waals surface area contributed by atoms with E-state index in [1.54, 1.807) is 6.20 Å². The van der Waals surface area contributed by atoms with Gasteiger partial charge < -0.3 is 0 Å². The first-order valence-electron chi connectivity index (χ1n) is 6.67. The Morgan fingerprint density at radius 2 is 2.31 bits per heavy atom. The van der Waals surface area contributed by atoms with Crippen LogP contribution in [-0.4, -0.2) is 25.0 Å². The fourth-order valence-electron chi connectivity index (χ4n) is 1.97. The van der Waals surface area contributed by atoms with Gasteiger partial charge in [0.2, 0.25) is 0 Å². The highest BCUT2D eigenvalue weighted by atomic mass is 15.4. The summed E-state index contributed by atoms with van der Waals surface area (Å²) in [5.74, 6) is 1.25. The minimum Gasteiger partial charge on any atom is -0.242 e. The number of nitrogens with zero attached hydrogens (tertiary/aromatic N) is 5. The number of aryl methyl sites for hydroxylation is 2. The third kappa shape index (κ3) is 1.58. The second-order valence-electron chi connectivity index (χ2n) is 4.04. The fourth-order valence-corrected chi connectivity index (χ4v) is 1.97. The lowest BCUT2D eigenvalue weighted by Crippen LogP contribution is -1.95. The summed E-state index contributed by atoms with van der Waals surface area (Å²) in [6, 6.07) is 1.89. The Balaban J connectivity index is 1.78. The number of hydrogen-bond acceptors (Lipinski definition) is 4. The van der Waals surface area contributed by atoms with Crippen LogP contribution in [0.15, 0.2) is 18.5 Å². The van der Waals surface area contributed by atoms with E-state index < -0.39 is 6.98 Å². The molecule has 0 aliphatic heterocycles. The van der Waals surface area contributed by atoms with Gasteiger partial charge in [0, 0.05) is 34.8 Å². The molecule has 0 bridgehead atoms. The van der Waals surface area contributed by atoms with Crippen molar-refractivity contribution in [1.82, 2.24) is 25.0 Å². The van der Waals surface area contributed by atoms with E-state index in [1.165, 1.54) is 6.20 Å². The first-order valence-corrected chi connectivity index (χ1v) is 5.17. The summed E-state index contributed by atoms with van der Waals surface area (Å²) in [5, 5.41) is 7.85. The van der Waals surface area contributed by atoms with Gasteiger partial charge in [-0.1, -0.05) is 0 Å². The van der Waals surface area contributed by atoms with Gasteiger partial charge in [0.1, 0.15) is 5.82 Å². The van der Waals surface area contributed by atoms with Crippen molar-refractivity contribution in [3.63, 3.8) is 0 Å². The van der Waals surface area contributed by atoms with Crippen LogP contribution >= 0.6 is 0 Å². The van der Waals surface area contributed by atoms with Gasteiger partial charge >= 0.3 is 0 Å². The van der Waals surface area contributed by atoms with Crippen molar-refractivity contribution in [2.45, 2.75) is 25.2 Å². The van der Waals surface area contributed by atoms with Crippen molar-refractivity contribution in [2.24, 2.45) is 6.98 Å². The Bertz CT molecular complexity index is 606. The molecule has 0 unspecified atom stereocenters. The molecule has 1 aliphatic rings. The van der Waals surface area contributed by atoms with Crippen molar-refractivity contribution in [3.8, 4) is 0 Å². The molecule has 0 amide bonds. The fraction of sp³-hybridized carbons (Fsp3) is 0.455. The molecule has 0 N–H and O–H groups in total. The SMILES string of the molecule is [2H]C([2H])([2H])n1ncc([C@H]2C[C@@H]2c2ccnc(C)n2)n1. The molecule has 2 aromatic heterocycles. The molecule has 16 heavy (non-hydrogen) atoms. The van der Waals surface area contributed by atoms with Gasteiger partial charge in [0.25, 0.3) is 0 Å². The number of aromatic nitrogens is 5. The molecule has 0 radical (unpaired) electrons. The van der Waals surface area contributed by atoms with Gasteiger partial charge in [-0.3, -0.25) is 0 Å². The maximum atomic E-state index is 7.24. The molecular formula is C11H13N5. The summed E-state index contributed by atoms with van der Waals surface area (Å²) < 4.78 is 21.7. The normalized spacial score (nSPS) is 26.9. The van der Waals surface area contributed by atoms with Crippen LogP contribution in [0.4, 0.5) is 0 Å². The Hall–Kier alpha value is -1.78. The average molecular weight is 218 g/mol. The molecule has 82 valence electrons. The predicted molar refractivity (Wildman–Crippen MR) is 57.9 cm³/mol. The molecule has 2 aromatic rings. The molecule has 0 spiro atoms. The third-order valence-electron chi connectivity index (χ3n) is 2.86. The summed E-state index contributed by atoms with van der Waals surface area (Å²) in [5.41, 5.74) is 1.71. The maximum Gasteiger partial charge on any atom is 0.125 e. The molecular weight excluding hydrogens is 202 g/mol. The molecule has 1 fully saturated rings. The van der Waals surface area contributed by atoms with E-state index in [0.717, 1.165) is 28.4 Å². The predicted octanol–water partition coefficient (Wildman–Crippen LogP) is 1.18. The van der Waals surface area contributed by atoms with Crippen molar-refractivity contribution in [1.29, 1.82) is 0 Å². The quantitative estimate of drug-likeness (QED) is 0.759. The monoisotopic (exact) mass is 218 g/mol. The van der Waals surface area contributed by atoms with Gasteiger partial charge in [-0.25, -0.2) is 9.97 Å². The lowest BCUT2D eigenvalue weighted by Gasteiger charge is -1.98. The van der Waals surface area contributed by atoms with Crippen LogP contribution in [-0.2, 0) is 6.98 Å². The number of hydrogen-bond donors (Lipinski definition) is 0.